The van der Waals surface area contributed by atoms with Gasteiger partial charge in [0.2, 0.25) is 15.9 Å². The van der Waals surface area contributed by atoms with Crippen LogP contribution in [0, 0.1) is 11.7 Å². The smallest absolute Gasteiger partial charge is 0.223 e. The van der Waals surface area contributed by atoms with Gasteiger partial charge in [0.15, 0.2) is 0 Å². The Kier molecular flexibility index (Phi) is 6.23. The van der Waals surface area contributed by atoms with Gasteiger partial charge in [-0.2, -0.15) is 0 Å². The summed E-state index contributed by atoms with van der Waals surface area (Å²) in [6, 6.07) is 15.1. The summed E-state index contributed by atoms with van der Waals surface area (Å²) >= 11 is 0. The molecule has 144 valence electrons. The van der Waals surface area contributed by atoms with Gasteiger partial charge in [-0.1, -0.05) is 42.5 Å². The van der Waals surface area contributed by atoms with Crippen molar-refractivity contribution in [1.82, 2.24) is 9.62 Å². The maximum absolute atomic E-state index is 12.9. The first-order chi connectivity index (χ1) is 12.9. The van der Waals surface area contributed by atoms with E-state index in [0.29, 0.717) is 32.5 Å². The van der Waals surface area contributed by atoms with Crippen molar-refractivity contribution in [3.8, 4) is 0 Å². The van der Waals surface area contributed by atoms with E-state index >= 15 is 0 Å². The molecule has 0 atom stereocenters. The highest BCUT2D eigenvalue weighted by atomic mass is 32.2. The molecule has 1 saturated heterocycles. The fraction of sp³-hybridized carbons (Fsp3) is 0.350. The summed E-state index contributed by atoms with van der Waals surface area (Å²) in [6.07, 6.45) is 1.01. The number of piperidine rings is 1. The third-order valence-corrected chi connectivity index (χ3v) is 6.64. The van der Waals surface area contributed by atoms with E-state index in [4.69, 9.17) is 0 Å². The summed E-state index contributed by atoms with van der Waals surface area (Å²) in [6.45, 7) is 1.04. The van der Waals surface area contributed by atoms with E-state index in [0.717, 1.165) is 11.1 Å². The van der Waals surface area contributed by atoms with Crippen molar-refractivity contribution < 1.29 is 17.6 Å². The second-order valence-corrected chi connectivity index (χ2v) is 8.73. The minimum atomic E-state index is -3.38. The number of nitrogens with zero attached hydrogens (tertiary/aromatic N) is 1. The summed E-state index contributed by atoms with van der Waals surface area (Å²) in [7, 11) is -3.38. The lowest BCUT2D eigenvalue weighted by Gasteiger charge is -2.30. The first kappa shape index (κ1) is 19.5. The molecule has 0 unspecified atom stereocenters. The van der Waals surface area contributed by atoms with Gasteiger partial charge in [0.25, 0.3) is 0 Å². The SMILES string of the molecule is O=C(NCc1ccc(F)cc1)C1CCN(S(=O)(=O)Cc2ccccc2)CC1. The summed E-state index contributed by atoms with van der Waals surface area (Å²) in [5.41, 5.74) is 1.59. The highest BCUT2D eigenvalue weighted by Crippen LogP contribution is 2.22. The molecule has 3 rings (SSSR count). The molecular formula is C20H23FN2O3S. The number of benzene rings is 2. The van der Waals surface area contributed by atoms with E-state index in [1.54, 1.807) is 24.3 Å². The van der Waals surface area contributed by atoms with Crippen LogP contribution in [0.3, 0.4) is 0 Å². The maximum atomic E-state index is 12.9. The first-order valence-electron chi connectivity index (χ1n) is 8.98. The largest absolute Gasteiger partial charge is 0.352 e. The van der Waals surface area contributed by atoms with Gasteiger partial charge in [-0.3, -0.25) is 4.79 Å². The van der Waals surface area contributed by atoms with Crippen molar-refractivity contribution in [2.24, 2.45) is 5.92 Å². The van der Waals surface area contributed by atoms with Crippen LogP contribution in [0.5, 0.6) is 0 Å². The first-order valence-corrected chi connectivity index (χ1v) is 10.6. The number of carbonyl (C=O) groups excluding carboxylic acids is 1. The fourth-order valence-corrected chi connectivity index (χ4v) is 4.77. The van der Waals surface area contributed by atoms with Gasteiger partial charge in [-0.05, 0) is 36.1 Å². The van der Waals surface area contributed by atoms with Crippen LogP contribution < -0.4 is 5.32 Å². The molecule has 2 aromatic carbocycles. The van der Waals surface area contributed by atoms with Gasteiger partial charge in [0.05, 0.1) is 5.75 Å². The van der Waals surface area contributed by atoms with Crippen molar-refractivity contribution in [2.45, 2.75) is 25.1 Å². The average Bonchev–Trinajstić information content (AvgIpc) is 2.68. The second kappa shape index (κ2) is 8.63. The Morgan fingerprint density at radius 3 is 2.26 bits per heavy atom. The molecule has 0 aromatic heterocycles. The number of hydrogen-bond donors (Lipinski definition) is 1. The molecule has 2 aromatic rings. The molecule has 1 amide bonds. The molecule has 0 aliphatic carbocycles. The van der Waals surface area contributed by atoms with Crippen molar-refractivity contribution >= 4 is 15.9 Å². The fourth-order valence-electron chi connectivity index (χ4n) is 3.21. The van der Waals surface area contributed by atoms with Gasteiger partial charge in [-0.15, -0.1) is 0 Å². The van der Waals surface area contributed by atoms with Crippen LogP contribution in [0.25, 0.3) is 0 Å². The van der Waals surface area contributed by atoms with E-state index in [1.807, 2.05) is 18.2 Å². The molecule has 7 heteroatoms. The monoisotopic (exact) mass is 390 g/mol. The van der Waals surface area contributed by atoms with Crippen molar-refractivity contribution in [3.63, 3.8) is 0 Å². The highest BCUT2D eigenvalue weighted by Gasteiger charge is 2.31. The lowest BCUT2D eigenvalue weighted by Crippen LogP contribution is -2.43. The molecule has 5 nitrogen and oxygen atoms in total. The minimum absolute atomic E-state index is 0.0186. The van der Waals surface area contributed by atoms with Gasteiger partial charge in [0.1, 0.15) is 5.82 Å². The topological polar surface area (TPSA) is 66.5 Å². The lowest BCUT2D eigenvalue weighted by molar-refractivity contribution is -0.126. The van der Waals surface area contributed by atoms with Crippen molar-refractivity contribution in [3.05, 3.63) is 71.5 Å². The van der Waals surface area contributed by atoms with Crippen molar-refractivity contribution in [2.75, 3.05) is 13.1 Å². The van der Waals surface area contributed by atoms with Crippen LogP contribution >= 0.6 is 0 Å². The summed E-state index contributed by atoms with van der Waals surface area (Å²) in [5.74, 6) is -0.614. The van der Waals surface area contributed by atoms with Crippen LogP contribution in [0.2, 0.25) is 0 Å². The molecule has 1 heterocycles. The number of hydrogen-bond acceptors (Lipinski definition) is 3. The highest BCUT2D eigenvalue weighted by molar-refractivity contribution is 7.88. The summed E-state index contributed by atoms with van der Waals surface area (Å²) < 4.78 is 39.5. The quantitative estimate of drug-likeness (QED) is 0.825. The Hall–Kier alpha value is -2.25. The van der Waals surface area contributed by atoms with Crippen LogP contribution in [0.4, 0.5) is 4.39 Å². The Bertz CT molecular complexity index is 862. The van der Waals surface area contributed by atoms with E-state index in [2.05, 4.69) is 5.32 Å². The molecule has 1 aliphatic rings. The van der Waals surface area contributed by atoms with Gasteiger partial charge in [0, 0.05) is 25.6 Å². The van der Waals surface area contributed by atoms with Crippen LogP contribution in [-0.4, -0.2) is 31.7 Å². The van der Waals surface area contributed by atoms with E-state index in [-0.39, 0.29) is 23.4 Å². The number of rotatable bonds is 6. The van der Waals surface area contributed by atoms with Crippen LogP contribution in [-0.2, 0) is 27.1 Å². The van der Waals surface area contributed by atoms with Crippen molar-refractivity contribution in [1.29, 1.82) is 0 Å². The second-order valence-electron chi connectivity index (χ2n) is 6.76. The van der Waals surface area contributed by atoms with E-state index in [1.165, 1.54) is 16.4 Å². The Balaban J connectivity index is 1.49. The molecule has 27 heavy (non-hydrogen) atoms. The van der Waals surface area contributed by atoms with E-state index in [9.17, 15) is 17.6 Å². The zero-order valence-corrected chi connectivity index (χ0v) is 15.8. The van der Waals surface area contributed by atoms with E-state index < -0.39 is 10.0 Å². The summed E-state index contributed by atoms with van der Waals surface area (Å²) in [4.78, 5) is 12.3. The van der Waals surface area contributed by atoms with Crippen LogP contribution in [0.1, 0.15) is 24.0 Å². The lowest BCUT2D eigenvalue weighted by atomic mass is 9.97. The normalized spacial score (nSPS) is 16.2. The molecule has 0 radical (unpaired) electrons. The average molecular weight is 390 g/mol. The van der Waals surface area contributed by atoms with Gasteiger partial charge < -0.3 is 5.32 Å². The molecule has 1 N–H and O–H groups in total. The number of amides is 1. The van der Waals surface area contributed by atoms with Gasteiger partial charge >= 0.3 is 0 Å². The molecule has 0 spiro atoms. The molecular weight excluding hydrogens is 367 g/mol. The number of halogens is 1. The zero-order valence-electron chi connectivity index (χ0n) is 15.0. The van der Waals surface area contributed by atoms with Gasteiger partial charge in [-0.25, -0.2) is 17.1 Å². The number of nitrogens with one attached hydrogen (secondary N) is 1. The minimum Gasteiger partial charge on any atom is -0.352 e. The Morgan fingerprint density at radius 2 is 1.63 bits per heavy atom. The standard InChI is InChI=1S/C20H23FN2O3S/c21-19-8-6-16(7-9-19)14-22-20(24)18-10-12-23(13-11-18)27(25,26)15-17-4-2-1-3-5-17/h1-9,18H,10-15H2,(H,22,24). The maximum Gasteiger partial charge on any atom is 0.223 e. The molecule has 1 fully saturated rings. The van der Waals surface area contributed by atoms with Crippen LogP contribution in [0.15, 0.2) is 54.6 Å². The third kappa shape index (κ3) is 5.37. The molecule has 0 saturated carbocycles. The predicted octanol–water partition coefficient (Wildman–Crippen LogP) is 2.68. The third-order valence-electron chi connectivity index (χ3n) is 4.79. The number of sulfonamides is 1. The molecule has 0 bridgehead atoms. The molecule has 1 aliphatic heterocycles. The zero-order chi connectivity index (χ0) is 19.3. The predicted molar refractivity (Wildman–Crippen MR) is 102 cm³/mol. The Labute approximate surface area is 159 Å². The Morgan fingerprint density at radius 1 is 1.00 bits per heavy atom. The number of carbonyl (C=O) groups is 1. The summed E-state index contributed by atoms with van der Waals surface area (Å²) in [5, 5.41) is 2.85.